The van der Waals surface area contributed by atoms with Crippen molar-refractivity contribution in [3.63, 3.8) is 0 Å². The molecule has 1 aromatic heterocycles. The summed E-state index contributed by atoms with van der Waals surface area (Å²) in [6.07, 6.45) is 4.48. The highest BCUT2D eigenvalue weighted by molar-refractivity contribution is 6.00. The first-order chi connectivity index (χ1) is 11.1. The van der Waals surface area contributed by atoms with Crippen molar-refractivity contribution in [3.8, 4) is 0 Å². The Hall–Kier alpha value is -2.76. The molecule has 6 heteroatoms. The van der Waals surface area contributed by atoms with E-state index in [0.29, 0.717) is 13.0 Å². The van der Waals surface area contributed by atoms with Crippen LogP contribution in [0.4, 0.5) is 5.69 Å². The molecule has 2 heterocycles. The van der Waals surface area contributed by atoms with Gasteiger partial charge in [-0.25, -0.2) is 4.98 Å². The number of anilines is 1. The minimum absolute atomic E-state index is 0.165. The van der Waals surface area contributed by atoms with Crippen molar-refractivity contribution in [2.24, 2.45) is 0 Å². The number of nitrogens with zero attached hydrogens (tertiary/aromatic N) is 3. The fourth-order valence-corrected chi connectivity index (χ4v) is 2.68. The summed E-state index contributed by atoms with van der Waals surface area (Å²) in [5.41, 5.74) is 1.75. The monoisotopic (exact) mass is 310 g/mol. The van der Waals surface area contributed by atoms with Gasteiger partial charge in [0.05, 0.1) is 11.9 Å². The molecule has 1 aliphatic rings. The van der Waals surface area contributed by atoms with E-state index in [1.54, 1.807) is 11.1 Å². The Morgan fingerprint density at radius 2 is 1.96 bits per heavy atom. The van der Waals surface area contributed by atoms with E-state index in [-0.39, 0.29) is 17.5 Å². The van der Waals surface area contributed by atoms with Crippen molar-refractivity contribution >= 4 is 17.5 Å². The normalized spacial score (nSPS) is 17.1. The highest BCUT2D eigenvalue weighted by atomic mass is 16.2. The van der Waals surface area contributed by atoms with Crippen molar-refractivity contribution in [1.82, 2.24) is 14.9 Å². The largest absolute Gasteiger partial charge is 0.325 e. The van der Waals surface area contributed by atoms with Gasteiger partial charge >= 0.3 is 0 Å². The zero-order valence-electron chi connectivity index (χ0n) is 12.9. The molecular weight excluding hydrogens is 292 g/mol. The van der Waals surface area contributed by atoms with E-state index < -0.39 is 6.04 Å². The van der Waals surface area contributed by atoms with Gasteiger partial charge in [-0.15, -0.1) is 0 Å². The summed E-state index contributed by atoms with van der Waals surface area (Å²) in [6, 6.07) is 8.78. The molecule has 0 unspecified atom stereocenters. The van der Waals surface area contributed by atoms with E-state index in [2.05, 4.69) is 15.3 Å². The first-order valence-electron chi connectivity index (χ1n) is 7.60. The van der Waals surface area contributed by atoms with Crippen LogP contribution in [-0.4, -0.2) is 39.3 Å². The van der Waals surface area contributed by atoms with Crippen molar-refractivity contribution in [2.75, 3.05) is 11.9 Å². The van der Waals surface area contributed by atoms with Crippen LogP contribution < -0.4 is 5.32 Å². The maximum absolute atomic E-state index is 12.6. The fraction of sp³-hybridized carbons (Fsp3) is 0.294. The molecule has 1 aromatic carbocycles. The number of rotatable bonds is 3. The summed E-state index contributed by atoms with van der Waals surface area (Å²) in [7, 11) is 0. The van der Waals surface area contributed by atoms with Gasteiger partial charge in [0.2, 0.25) is 5.91 Å². The van der Waals surface area contributed by atoms with Gasteiger partial charge in [-0.05, 0) is 31.9 Å². The van der Waals surface area contributed by atoms with Gasteiger partial charge in [0.25, 0.3) is 5.91 Å². The number of carbonyl (C=O) groups is 2. The number of para-hydroxylation sites is 1. The number of hydrogen-bond donors (Lipinski definition) is 1. The average molecular weight is 310 g/mol. The van der Waals surface area contributed by atoms with Gasteiger partial charge in [0, 0.05) is 18.4 Å². The molecule has 1 atom stereocenters. The second-order valence-electron chi connectivity index (χ2n) is 5.55. The Kier molecular flexibility index (Phi) is 4.32. The minimum Gasteiger partial charge on any atom is -0.325 e. The predicted octanol–water partition coefficient (Wildman–Crippen LogP) is 2.03. The summed E-state index contributed by atoms with van der Waals surface area (Å²) < 4.78 is 0. The molecule has 1 fully saturated rings. The maximum Gasteiger partial charge on any atom is 0.274 e. The Labute approximate surface area is 134 Å². The first-order valence-corrected chi connectivity index (χ1v) is 7.60. The summed E-state index contributed by atoms with van der Waals surface area (Å²) in [6.45, 7) is 2.37. The van der Waals surface area contributed by atoms with E-state index in [4.69, 9.17) is 0 Å². The second-order valence-corrected chi connectivity index (χ2v) is 5.55. The van der Waals surface area contributed by atoms with Crippen LogP contribution in [0.1, 0.15) is 29.0 Å². The van der Waals surface area contributed by atoms with Crippen molar-refractivity contribution < 1.29 is 9.59 Å². The number of carbonyl (C=O) groups excluding carboxylic acids is 2. The number of nitrogens with one attached hydrogen (secondary N) is 1. The Morgan fingerprint density at radius 1 is 1.17 bits per heavy atom. The molecule has 1 N–H and O–H groups in total. The third-order valence-corrected chi connectivity index (χ3v) is 3.86. The lowest BCUT2D eigenvalue weighted by Crippen LogP contribution is -2.43. The van der Waals surface area contributed by atoms with Crippen molar-refractivity contribution in [1.29, 1.82) is 0 Å². The predicted molar refractivity (Wildman–Crippen MR) is 85.9 cm³/mol. The Bertz CT molecular complexity index is 700. The van der Waals surface area contributed by atoms with Crippen LogP contribution in [0.15, 0.2) is 42.7 Å². The van der Waals surface area contributed by atoms with Gasteiger partial charge in [0.1, 0.15) is 11.7 Å². The summed E-state index contributed by atoms with van der Waals surface area (Å²) >= 11 is 0. The number of hydrogen-bond acceptors (Lipinski definition) is 4. The van der Waals surface area contributed by atoms with Crippen LogP contribution in [-0.2, 0) is 4.79 Å². The molecule has 0 saturated carbocycles. The van der Waals surface area contributed by atoms with E-state index in [1.807, 2.05) is 37.3 Å². The fourth-order valence-electron chi connectivity index (χ4n) is 2.68. The molecule has 0 bridgehead atoms. The maximum atomic E-state index is 12.6. The average Bonchev–Trinajstić information content (AvgIpc) is 3.05. The lowest BCUT2D eigenvalue weighted by atomic mass is 10.2. The van der Waals surface area contributed by atoms with E-state index in [9.17, 15) is 9.59 Å². The molecule has 1 saturated heterocycles. The second kappa shape index (κ2) is 6.56. The zero-order valence-corrected chi connectivity index (χ0v) is 12.9. The Morgan fingerprint density at radius 3 is 2.65 bits per heavy atom. The SMILES string of the molecule is Cc1cnc(C(=O)N2CCC[C@@H]2C(=O)Nc2ccccc2)cn1. The minimum atomic E-state index is -0.467. The van der Waals surface area contributed by atoms with Crippen LogP contribution >= 0.6 is 0 Å². The summed E-state index contributed by atoms with van der Waals surface area (Å²) in [4.78, 5) is 34.8. The molecule has 3 rings (SSSR count). The topological polar surface area (TPSA) is 75.2 Å². The molecule has 118 valence electrons. The molecule has 2 aromatic rings. The van der Waals surface area contributed by atoms with E-state index >= 15 is 0 Å². The number of likely N-dealkylation sites (tertiary alicyclic amines) is 1. The number of aryl methyl sites for hydroxylation is 1. The standard InChI is InChI=1S/C17H18N4O2/c1-12-10-19-14(11-18-12)17(23)21-9-5-8-15(21)16(22)20-13-6-3-2-4-7-13/h2-4,6-7,10-11,15H,5,8-9H2,1H3,(H,20,22)/t15-/m1/s1. The highest BCUT2D eigenvalue weighted by Crippen LogP contribution is 2.21. The van der Waals surface area contributed by atoms with E-state index in [0.717, 1.165) is 17.8 Å². The molecular formula is C17H18N4O2. The van der Waals surface area contributed by atoms with Crippen LogP contribution in [0.3, 0.4) is 0 Å². The van der Waals surface area contributed by atoms with Crippen molar-refractivity contribution in [2.45, 2.75) is 25.8 Å². The third kappa shape index (κ3) is 3.36. The third-order valence-electron chi connectivity index (χ3n) is 3.86. The molecule has 2 amide bonds. The van der Waals surface area contributed by atoms with E-state index in [1.165, 1.54) is 6.20 Å². The molecule has 1 aliphatic heterocycles. The summed E-state index contributed by atoms with van der Waals surface area (Å²) in [5.74, 6) is -0.412. The quantitative estimate of drug-likeness (QED) is 0.941. The number of aromatic nitrogens is 2. The van der Waals surface area contributed by atoms with Crippen molar-refractivity contribution in [3.05, 3.63) is 54.1 Å². The van der Waals surface area contributed by atoms with Gasteiger partial charge in [0.15, 0.2) is 0 Å². The van der Waals surface area contributed by atoms with Crippen LogP contribution in [0, 0.1) is 6.92 Å². The molecule has 23 heavy (non-hydrogen) atoms. The molecule has 0 spiro atoms. The van der Waals surface area contributed by atoms with Crippen LogP contribution in [0.2, 0.25) is 0 Å². The first kappa shape index (κ1) is 15.1. The number of amides is 2. The smallest absolute Gasteiger partial charge is 0.274 e. The van der Waals surface area contributed by atoms with Crippen LogP contribution in [0.5, 0.6) is 0 Å². The zero-order chi connectivity index (χ0) is 16.2. The van der Waals surface area contributed by atoms with Crippen LogP contribution in [0.25, 0.3) is 0 Å². The summed E-state index contributed by atoms with van der Waals surface area (Å²) in [5, 5.41) is 2.86. The molecule has 0 radical (unpaired) electrons. The number of benzene rings is 1. The van der Waals surface area contributed by atoms with Gasteiger partial charge < -0.3 is 10.2 Å². The lowest BCUT2D eigenvalue weighted by molar-refractivity contribution is -0.119. The van der Waals surface area contributed by atoms with Gasteiger partial charge in [-0.1, -0.05) is 18.2 Å². The molecule has 0 aliphatic carbocycles. The lowest BCUT2D eigenvalue weighted by Gasteiger charge is -2.23. The Balaban J connectivity index is 1.73. The molecule has 6 nitrogen and oxygen atoms in total. The van der Waals surface area contributed by atoms with Gasteiger partial charge in [-0.3, -0.25) is 14.6 Å². The highest BCUT2D eigenvalue weighted by Gasteiger charge is 2.35. The van der Waals surface area contributed by atoms with Gasteiger partial charge in [-0.2, -0.15) is 0 Å².